The summed E-state index contributed by atoms with van der Waals surface area (Å²) in [5, 5.41) is 18.4. The molecule has 0 atom stereocenters. The van der Waals surface area contributed by atoms with Crippen LogP contribution in [0.1, 0.15) is 66.0 Å². The smallest absolute Gasteiger partial charge is 0.176 e. The number of aliphatic hydroxyl groups is 1. The SMILES string of the molecule is COCc1nc(CC2CC(C)(C)NC(C)(C)C2)n(CC(C)(C)O)n1. The minimum absolute atomic E-state index is 0.114. The Morgan fingerprint density at radius 1 is 1.25 bits per heavy atom. The fourth-order valence-electron chi connectivity index (χ4n) is 4.20. The monoisotopic (exact) mass is 338 g/mol. The molecule has 1 aliphatic rings. The molecule has 1 saturated heterocycles. The van der Waals surface area contributed by atoms with Crippen LogP contribution in [0.4, 0.5) is 0 Å². The van der Waals surface area contributed by atoms with Crippen LogP contribution in [-0.4, -0.2) is 43.7 Å². The Morgan fingerprint density at radius 2 is 1.83 bits per heavy atom. The molecule has 0 amide bonds. The molecule has 0 radical (unpaired) electrons. The van der Waals surface area contributed by atoms with Crippen LogP contribution in [0.25, 0.3) is 0 Å². The Hall–Kier alpha value is -0.980. The van der Waals surface area contributed by atoms with E-state index in [1.807, 2.05) is 4.68 Å². The van der Waals surface area contributed by atoms with E-state index in [1.54, 1.807) is 21.0 Å². The fraction of sp³-hybridized carbons (Fsp3) is 0.889. The number of nitrogens with zero attached hydrogens (tertiary/aromatic N) is 3. The second-order valence-electron chi connectivity index (χ2n) is 9.22. The molecule has 2 heterocycles. The molecule has 0 spiro atoms. The van der Waals surface area contributed by atoms with Crippen molar-refractivity contribution in [1.29, 1.82) is 0 Å². The van der Waals surface area contributed by atoms with Gasteiger partial charge in [-0.15, -0.1) is 0 Å². The normalized spacial score (nSPS) is 21.2. The molecular weight excluding hydrogens is 304 g/mol. The second-order valence-corrected chi connectivity index (χ2v) is 9.22. The van der Waals surface area contributed by atoms with Gasteiger partial charge in [-0.25, -0.2) is 9.67 Å². The molecule has 1 aromatic heterocycles. The summed E-state index contributed by atoms with van der Waals surface area (Å²) >= 11 is 0. The zero-order valence-electron chi connectivity index (χ0n) is 16.3. The van der Waals surface area contributed by atoms with Crippen molar-refractivity contribution in [2.45, 2.75) is 90.6 Å². The van der Waals surface area contributed by atoms with Crippen LogP contribution in [-0.2, 0) is 24.3 Å². The summed E-state index contributed by atoms with van der Waals surface area (Å²) in [6, 6.07) is 0. The molecule has 6 heteroatoms. The summed E-state index contributed by atoms with van der Waals surface area (Å²) in [6.45, 7) is 13.5. The maximum atomic E-state index is 10.2. The van der Waals surface area contributed by atoms with Crippen molar-refractivity contribution in [1.82, 2.24) is 20.1 Å². The van der Waals surface area contributed by atoms with Crippen LogP contribution >= 0.6 is 0 Å². The molecule has 1 aromatic rings. The Bertz CT molecular complexity index is 542. The highest BCUT2D eigenvalue weighted by Crippen LogP contribution is 2.34. The van der Waals surface area contributed by atoms with Crippen LogP contribution in [0.5, 0.6) is 0 Å². The van der Waals surface area contributed by atoms with Crippen molar-refractivity contribution in [3.05, 3.63) is 11.6 Å². The number of hydrogen-bond acceptors (Lipinski definition) is 5. The van der Waals surface area contributed by atoms with E-state index in [9.17, 15) is 5.11 Å². The Balaban J connectivity index is 2.21. The van der Waals surface area contributed by atoms with E-state index in [1.165, 1.54) is 0 Å². The number of aromatic nitrogens is 3. The Morgan fingerprint density at radius 3 is 2.33 bits per heavy atom. The van der Waals surface area contributed by atoms with Gasteiger partial charge < -0.3 is 15.2 Å². The first kappa shape index (κ1) is 19.3. The van der Waals surface area contributed by atoms with E-state index >= 15 is 0 Å². The van der Waals surface area contributed by atoms with Gasteiger partial charge in [0.15, 0.2) is 5.82 Å². The zero-order valence-corrected chi connectivity index (χ0v) is 16.3. The van der Waals surface area contributed by atoms with E-state index in [4.69, 9.17) is 4.74 Å². The third kappa shape index (κ3) is 5.53. The Labute approximate surface area is 146 Å². The van der Waals surface area contributed by atoms with E-state index < -0.39 is 5.60 Å². The number of piperidine rings is 1. The van der Waals surface area contributed by atoms with Crippen molar-refractivity contribution in [3.63, 3.8) is 0 Å². The maximum absolute atomic E-state index is 10.2. The minimum atomic E-state index is -0.820. The maximum Gasteiger partial charge on any atom is 0.176 e. The highest BCUT2D eigenvalue weighted by Gasteiger charge is 2.38. The molecule has 0 saturated carbocycles. The second kappa shape index (κ2) is 6.73. The quantitative estimate of drug-likeness (QED) is 0.833. The van der Waals surface area contributed by atoms with Gasteiger partial charge in [0.2, 0.25) is 0 Å². The van der Waals surface area contributed by atoms with Gasteiger partial charge in [0.05, 0.1) is 12.1 Å². The topological polar surface area (TPSA) is 72.2 Å². The highest BCUT2D eigenvalue weighted by molar-refractivity contribution is 5.02. The molecule has 0 unspecified atom stereocenters. The summed E-state index contributed by atoms with van der Waals surface area (Å²) in [4.78, 5) is 4.67. The first-order valence-corrected chi connectivity index (χ1v) is 8.82. The first-order chi connectivity index (χ1) is 10.9. The van der Waals surface area contributed by atoms with E-state index in [0.29, 0.717) is 24.9 Å². The van der Waals surface area contributed by atoms with Crippen LogP contribution in [0, 0.1) is 5.92 Å². The van der Waals surface area contributed by atoms with Crippen molar-refractivity contribution in [2.24, 2.45) is 5.92 Å². The number of nitrogens with one attached hydrogen (secondary N) is 1. The lowest BCUT2D eigenvalue weighted by molar-refractivity contribution is 0.0553. The predicted molar refractivity (Wildman–Crippen MR) is 94.8 cm³/mol. The van der Waals surface area contributed by atoms with Crippen molar-refractivity contribution in [3.8, 4) is 0 Å². The van der Waals surface area contributed by atoms with Gasteiger partial charge in [-0.05, 0) is 60.3 Å². The molecule has 2 rings (SSSR count). The molecule has 1 aliphatic heterocycles. The summed E-state index contributed by atoms with van der Waals surface area (Å²) in [6.07, 6.45) is 3.08. The zero-order chi connectivity index (χ0) is 18.2. The summed E-state index contributed by atoms with van der Waals surface area (Å²) in [5.41, 5.74) is -0.592. The van der Waals surface area contributed by atoms with E-state index in [-0.39, 0.29) is 11.1 Å². The number of ether oxygens (including phenoxy) is 1. The molecule has 0 aliphatic carbocycles. The first-order valence-electron chi connectivity index (χ1n) is 8.82. The largest absolute Gasteiger partial charge is 0.389 e. The number of rotatable bonds is 6. The molecule has 138 valence electrons. The predicted octanol–water partition coefficient (Wildman–Crippen LogP) is 2.29. The lowest BCUT2D eigenvalue weighted by atomic mass is 9.74. The van der Waals surface area contributed by atoms with E-state index in [0.717, 1.165) is 25.1 Å². The van der Waals surface area contributed by atoms with Gasteiger partial charge in [-0.2, -0.15) is 5.10 Å². The molecule has 6 nitrogen and oxygen atoms in total. The van der Waals surface area contributed by atoms with Gasteiger partial charge in [-0.3, -0.25) is 0 Å². The van der Waals surface area contributed by atoms with Gasteiger partial charge in [0.25, 0.3) is 0 Å². The number of methoxy groups -OCH3 is 1. The van der Waals surface area contributed by atoms with Crippen LogP contribution in [0.2, 0.25) is 0 Å². The van der Waals surface area contributed by atoms with Crippen molar-refractivity contribution in [2.75, 3.05) is 7.11 Å². The molecular formula is C18H34N4O2. The molecule has 1 fully saturated rings. The third-order valence-corrected chi connectivity index (χ3v) is 4.35. The summed E-state index contributed by atoms with van der Waals surface area (Å²) in [7, 11) is 1.65. The summed E-state index contributed by atoms with van der Waals surface area (Å²) < 4.78 is 7.03. The molecule has 24 heavy (non-hydrogen) atoms. The van der Waals surface area contributed by atoms with Crippen LogP contribution in [0.3, 0.4) is 0 Å². The van der Waals surface area contributed by atoms with Crippen LogP contribution < -0.4 is 5.32 Å². The van der Waals surface area contributed by atoms with Gasteiger partial charge in [-0.1, -0.05) is 0 Å². The third-order valence-electron chi connectivity index (χ3n) is 4.35. The van der Waals surface area contributed by atoms with E-state index in [2.05, 4.69) is 43.1 Å². The fourth-order valence-corrected chi connectivity index (χ4v) is 4.20. The lowest BCUT2D eigenvalue weighted by Crippen LogP contribution is -2.58. The van der Waals surface area contributed by atoms with Crippen molar-refractivity contribution >= 4 is 0 Å². The average Bonchev–Trinajstić information content (AvgIpc) is 2.64. The molecule has 0 aromatic carbocycles. The minimum Gasteiger partial charge on any atom is -0.389 e. The van der Waals surface area contributed by atoms with Gasteiger partial charge >= 0.3 is 0 Å². The Kier molecular flexibility index (Phi) is 5.43. The molecule has 2 N–H and O–H groups in total. The van der Waals surface area contributed by atoms with Gasteiger partial charge in [0.1, 0.15) is 12.4 Å². The average molecular weight is 338 g/mol. The number of hydrogen-bond donors (Lipinski definition) is 2. The standard InChI is InChI=1S/C18H34N4O2/c1-16(2)9-13(10-17(3,4)21-16)8-15-19-14(11-24-7)20-22(15)12-18(5,6)23/h13,21,23H,8-12H2,1-7H3. The highest BCUT2D eigenvalue weighted by atomic mass is 16.5. The summed E-state index contributed by atoms with van der Waals surface area (Å²) in [5.74, 6) is 2.17. The van der Waals surface area contributed by atoms with Gasteiger partial charge in [0, 0.05) is 24.6 Å². The lowest BCUT2D eigenvalue weighted by Gasteiger charge is -2.46. The molecule has 0 bridgehead atoms. The van der Waals surface area contributed by atoms with Crippen LogP contribution in [0.15, 0.2) is 0 Å². The van der Waals surface area contributed by atoms with Crippen molar-refractivity contribution < 1.29 is 9.84 Å².